The van der Waals surface area contributed by atoms with Crippen molar-refractivity contribution in [3.8, 4) is 0 Å². The average molecular weight is 256 g/mol. The first-order chi connectivity index (χ1) is 8.31. The van der Waals surface area contributed by atoms with Crippen molar-refractivity contribution in [1.82, 2.24) is 10.2 Å². The van der Waals surface area contributed by atoms with Crippen molar-refractivity contribution >= 4 is 17.3 Å². The Kier molecular flexibility index (Phi) is 5.04. The summed E-state index contributed by atoms with van der Waals surface area (Å²) < 4.78 is 5.30. The third-order valence-corrected chi connectivity index (χ3v) is 4.36. The largest absolute Gasteiger partial charge is 0.382 e. The van der Waals surface area contributed by atoms with E-state index in [1.807, 2.05) is 6.92 Å². The number of fused-ring (bicyclic) bond motifs is 1. The van der Waals surface area contributed by atoms with E-state index < -0.39 is 0 Å². The molecule has 1 N–H and O–H groups in total. The van der Waals surface area contributed by atoms with Gasteiger partial charge in [-0.3, -0.25) is 0 Å². The fourth-order valence-corrected chi connectivity index (χ4v) is 3.28. The number of thiocarbonyl (C=S) groups is 1. The van der Waals surface area contributed by atoms with Gasteiger partial charge in [0.05, 0.1) is 0 Å². The van der Waals surface area contributed by atoms with Gasteiger partial charge in [-0.05, 0) is 50.2 Å². The number of hydrogen-bond acceptors (Lipinski definition) is 2. The number of hydrogen-bond donors (Lipinski definition) is 1. The maximum atomic E-state index is 5.44. The van der Waals surface area contributed by atoms with E-state index in [-0.39, 0.29) is 0 Å². The molecule has 1 aliphatic heterocycles. The molecule has 0 amide bonds. The molecule has 2 atom stereocenters. The monoisotopic (exact) mass is 256 g/mol. The normalized spacial score (nSPS) is 27.2. The second-order valence-electron chi connectivity index (χ2n) is 5.14. The molecular weight excluding hydrogens is 232 g/mol. The van der Waals surface area contributed by atoms with E-state index in [2.05, 4.69) is 10.2 Å². The predicted octanol–water partition coefficient (Wildman–Crippen LogP) is 2.02. The smallest absolute Gasteiger partial charge is 0.168 e. The minimum absolute atomic E-state index is 0.805. The molecule has 1 saturated heterocycles. The molecule has 17 heavy (non-hydrogen) atoms. The van der Waals surface area contributed by atoms with Crippen LogP contribution in [0.5, 0.6) is 0 Å². The van der Waals surface area contributed by atoms with Crippen LogP contribution in [0.2, 0.25) is 0 Å². The topological polar surface area (TPSA) is 24.5 Å². The van der Waals surface area contributed by atoms with Gasteiger partial charge in [0.25, 0.3) is 0 Å². The first kappa shape index (κ1) is 13.1. The molecule has 0 aromatic carbocycles. The molecule has 4 heteroatoms. The summed E-state index contributed by atoms with van der Waals surface area (Å²) >= 11 is 5.44. The third kappa shape index (κ3) is 3.55. The van der Waals surface area contributed by atoms with Gasteiger partial charge in [-0.1, -0.05) is 6.42 Å². The summed E-state index contributed by atoms with van der Waals surface area (Å²) in [5.74, 6) is 1.83. The first-order valence-corrected chi connectivity index (χ1v) is 7.32. The molecule has 1 aliphatic carbocycles. The van der Waals surface area contributed by atoms with Gasteiger partial charge in [0.15, 0.2) is 5.11 Å². The molecular formula is C13H24N2OS. The zero-order valence-corrected chi connectivity index (χ0v) is 11.6. The highest BCUT2D eigenvalue weighted by Crippen LogP contribution is 2.37. The van der Waals surface area contributed by atoms with Crippen LogP contribution < -0.4 is 5.32 Å². The van der Waals surface area contributed by atoms with E-state index in [1.54, 1.807) is 0 Å². The van der Waals surface area contributed by atoms with Crippen molar-refractivity contribution in [3.63, 3.8) is 0 Å². The number of ether oxygens (including phenoxy) is 1. The number of nitrogens with one attached hydrogen (secondary N) is 1. The van der Waals surface area contributed by atoms with Crippen LogP contribution >= 0.6 is 12.2 Å². The van der Waals surface area contributed by atoms with E-state index in [1.165, 1.54) is 32.4 Å². The van der Waals surface area contributed by atoms with Gasteiger partial charge in [-0.25, -0.2) is 0 Å². The fourth-order valence-electron chi connectivity index (χ4n) is 3.03. The summed E-state index contributed by atoms with van der Waals surface area (Å²) in [5.41, 5.74) is 0. The van der Waals surface area contributed by atoms with Crippen LogP contribution in [0.4, 0.5) is 0 Å². The highest BCUT2D eigenvalue weighted by molar-refractivity contribution is 7.80. The van der Waals surface area contributed by atoms with Crippen LogP contribution in [0.3, 0.4) is 0 Å². The third-order valence-electron chi connectivity index (χ3n) is 3.96. The summed E-state index contributed by atoms with van der Waals surface area (Å²) in [5, 5.41) is 4.30. The molecule has 1 saturated carbocycles. The molecule has 0 bridgehead atoms. The van der Waals surface area contributed by atoms with Gasteiger partial charge in [-0.2, -0.15) is 0 Å². The lowest BCUT2D eigenvalue weighted by Crippen LogP contribution is -2.39. The molecule has 98 valence electrons. The van der Waals surface area contributed by atoms with Crippen LogP contribution in [0, 0.1) is 11.8 Å². The SMILES string of the molecule is CCOCCCNC(=S)N1CC2CCCC2C1. The Balaban J connectivity index is 1.60. The second-order valence-corrected chi connectivity index (χ2v) is 5.53. The quantitative estimate of drug-likeness (QED) is 0.601. The summed E-state index contributed by atoms with van der Waals surface area (Å²) in [7, 11) is 0. The van der Waals surface area contributed by atoms with E-state index in [0.29, 0.717) is 0 Å². The maximum Gasteiger partial charge on any atom is 0.168 e. The van der Waals surface area contributed by atoms with Crippen molar-refractivity contribution in [2.24, 2.45) is 11.8 Å². The number of nitrogens with zero attached hydrogens (tertiary/aromatic N) is 1. The lowest BCUT2D eigenvalue weighted by molar-refractivity contribution is 0.145. The summed E-state index contributed by atoms with van der Waals surface area (Å²) in [6, 6.07) is 0. The molecule has 0 spiro atoms. The zero-order chi connectivity index (χ0) is 12.1. The van der Waals surface area contributed by atoms with Gasteiger partial charge < -0.3 is 15.0 Å². The van der Waals surface area contributed by atoms with Crippen molar-refractivity contribution in [2.45, 2.75) is 32.6 Å². The average Bonchev–Trinajstić information content (AvgIpc) is 2.88. The molecule has 1 heterocycles. The van der Waals surface area contributed by atoms with Crippen molar-refractivity contribution in [2.75, 3.05) is 32.8 Å². The Labute approximate surface area is 110 Å². The van der Waals surface area contributed by atoms with Crippen LogP contribution in [-0.4, -0.2) is 42.9 Å². The van der Waals surface area contributed by atoms with Crippen molar-refractivity contribution in [1.29, 1.82) is 0 Å². The lowest BCUT2D eigenvalue weighted by Gasteiger charge is -2.21. The summed E-state index contributed by atoms with van der Waals surface area (Å²) in [4.78, 5) is 2.37. The van der Waals surface area contributed by atoms with Crippen LogP contribution in [0.25, 0.3) is 0 Å². The molecule has 0 aromatic heterocycles. The fraction of sp³-hybridized carbons (Fsp3) is 0.923. The van der Waals surface area contributed by atoms with E-state index in [9.17, 15) is 0 Å². The molecule has 2 rings (SSSR count). The molecule has 0 radical (unpaired) electrons. The molecule has 2 aliphatic rings. The van der Waals surface area contributed by atoms with E-state index in [4.69, 9.17) is 17.0 Å². The minimum atomic E-state index is 0.805. The van der Waals surface area contributed by atoms with Crippen LogP contribution in [0.1, 0.15) is 32.6 Å². The van der Waals surface area contributed by atoms with Crippen LogP contribution in [-0.2, 0) is 4.74 Å². The second kappa shape index (κ2) is 6.55. The predicted molar refractivity (Wildman–Crippen MR) is 74.1 cm³/mol. The summed E-state index contributed by atoms with van der Waals surface area (Å²) in [6.07, 6.45) is 5.29. The Morgan fingerprint density at radius 3 is 2.71 bits per heavy atom. The van der Waals surface area contributed by atoms with Gasteiger partial charge >= 0.3 is 0 Å². The van der Waals surface area contributed by atoms with Crippen molar-refractivity contribution in [3.05, 3.63) is 0 Å². The van der Waals surface area contributed by atoms with E-state index in [0.717, 1.165) is 43.1 Å². The first-order valence-electron chi connectivity index (χ1n) is 6.91. The number of rotatable bonds is 5. The Morgan fingerprint density at radius 2 is 2.06 bits per heavy atom. The Hall–Kier alpha value is -0.350. The Morgan fingerprint density at radius 1 is 1.35 bits per heavy atom. The zero-order valence-electron chi connectivity index (χ0n) is 10.8. The van der Waals surface area contributed by atoms with E-state index >= 15 is 0 Å². The molecule has 2 unspecified atom stereocenters. The lowest BCUT2D eigenvalue weighted by atomic mass is 10.0. The van der Waals surface area contributed by atoms with Gasteiger partial charge in [-0.15, -0.1) is 0 Å². The Bertz CT molecular complexity index is 248. The highest BCUT2D eigenvalue weighted by atomic mass is 32.1. The minimum Gasteiger partial charge on any atom is -0.382 e. The standard InChI is InChI=1S/C13H24N2OS/c1-2-16-8-4-7-14-13(17)15-9-11-5-3-6-12(11)10-15/h11-12H,2-10H2,1H3,(H,14,17). The molecule has 2 fully saturated rings. The van der Waals surface area contributed by atoms with Crippen molar-refractivity contribution < 1.29 is 4.74 Å². The maximum absolute atomic E-state index is 5.44. The molecule has 3 nitrogen and oxygen atoms in total. The van der Waals surface area contributed by atoms with Gasteiger partial charge in [0.1, 0.15) is 0 Å². The summed E-state index contributed by atoms with van der Waals surface area (Å²) in [6.45, 7) is 6.97. The van der Waals surface area contributed by atoms with Gasteiger partial charge in [0.2, 0.25) is 0 Å². The van der Waals surface area contributed by atoms with Gasteiger partial charge in [0, 0.05) is 32.8 Å². The number of likely N-dealkylation sites (tertiary alicyclic amines) is 1. The van der Waals surface area contributed by atoms with Crippen LogP contribution in [0.15, 0.2) is 0 Å². The molecule has 0 aromatic rings. The highest BCUT2D eigenvalue weighted by Gasteiger charge is 2.36.